The normalized spacial score (nSPS) is 43.8. The zero-order chi connectivity index (χ0) is 32.1. The van der Waals surface area contributed by atoms with Crippen LogP contribution in [0, 0.1) is 5.92 Å². The first-order valence-electron chi connectivity index (χ1n) is 14.6. The summed E-state index contributed by atoms with van der Waals surface area (Å²) in [5.74, 6) is -1.12. The van der Waals surface area contributed by atoms with Crippen LogP contribution in [0.4, 0.5) is 4.79 Å². The second-order valence-corrected chi connectivity index (χ2v) is 11.7. The molecule has 3 rings (SSSR count). The van der Waals surface area contributed by atoms with E-state index in [0.717, 1.165) is 0 Å². The fourth-order valence-corrected chi connectivity index (χ4v) is 6.14. The number of carbonyl (C=O) groups is 1. The van der Waals surface area contributed by atoms with Gasteiger partial charge >= 0.3 is 6.03 Å². The maximum atomic E-state index is 12.7. The van der Waals surface area contributed by atoms with Gasteiger partial charge in [-0.15, -0.1) is 0 Å². The summed E-state index contributed by atoms with van der Waals surface area (Å²) < 4.78 is 17.6. The summed E-state index contributed by atoms with van der Waals surface area (Å²) in [7, 11) is 1.53. The van der Waals surface area contributed by atoms with E-state index in [-0.39, 0.29) is 39.3 Å². The zero-order valence-electron chi connectivity index (χ0n) is 24.5. The largest absolute Gasteiger partial charge is 0.396 e. The number of nitrogens with zero attached hydrogens (tertiary/aromatic N) is 1. The molecule has 0 aromatic carbocycles. The van der Waals surface area contributed by atoms with E-state index in [9.17, 15) is 40.6 Å². The maximum Gasteiger partial charge on any atom is 0.341 e. The standard InChI is InChI=1S/C25H50N6O12/c1-25(39)10-41-23(19(37)22(25)28-2)43-20-12(30-24(38)31(40)6-4-26)8-11(27)14(16(20)34)21-18(36)17(35)15(33)13(42-21)9-29-5-3-7-32/h11-23,28-29,32-37,39-40H,3-10,26-27H2,1-2H3,(H,30,38)/t11-,12+,13+,14?,15+,16-,17-,18+,19+,20-,21+,22+,23+,25-/m0/s1. The topological polar surface area (TPSA) is 298 Å². The number of ether oxygens (including phenoxy) is 3. The Hall–Kier alpha value is -1.33. The molecule has 43 heavy (non-hydrogen) atoms. The molecule has 14 atom stereocenters. The van der Waals surface area contributed by atoms with E-state index in [1.54, 1.807) is 0 Å². The molecule has 0 radical (unpaired) electrons. The van der Waals surface area contributed by atoms with Crippen molar-refractivity contribution < 1.29 is 60.0 Å². The molecule has 0 aromatic rings. The first-order chi connectivity index (χ1) is 20.3. The number of hydroxylamine groups is 2. The number of rotatable bonds is 12. The average Bonchev–Trinajstić information content (AvgIpc) is 2.95. The molecule has 0 bridgehead atoms. The van der Waals surface area contributed by atoms with E-state index in [2.05, 4.69) is 16.0 Å². The highest BCUT2D eigenvalue weighted by molar-refractivity contribution is 5.73. The van der Waals surface area contributed by atoms with Crippen LogP contribution in [0.1, 0.15) is 19.8 Å². The third-order valence-corrected chi connectivity index (χ3v) is 8.45. The Morgan fingerprint density at radius 3 is 2.44 bits per heavy atom. The van der Waals surface area contributed by atoms with Crippen LogP contribution >= 0.6 is 0 Å². The highest BCUT2D eigenvalue weighted by Gasteiger charge is 2.56. The number of hydrogen-bond acceptors (Lipinski definition) is 16. The SMILES string of the molecule is CN[C@@H]1[C@@H](O)[C@@H](O[C@H]2[C@H](NC(=O)N(O)CCN)C[C@H](N)C([C@H]3O[C@H](CNCCCO)[C@@H](O)[C@H](O)[C@H]3O)[C@@H]2O)OC[C@]1(C)O. The van der Waals surface area contributed by atoms with Crippen LogP contribution in [-0.2, 0) is 14.2 Å². The number of nitrogens with two attached hydrogens (primary N) is 2. The van der Waals surface area contributed by atoms with Gasteiger partial charge in [0.15, 0.2) is 6.29 Å². The quantitative estimate of drug-likeness (QED) is 0.0544. The number of aliphatic hydroxyl groups is 7. The van der Waals surface area contributed by atoms with E-state index >= 15 is 0 Å². The van der Waals surface area contributed by atoms with Crippen LogP contribution in [0.5, 0.6) is 0 Å². The molecule has 2 amide bonds. The Labute approximate surface area is 249 Å². The lowest BCUT2D eigenvalue weighted by molar-refractivity contribution is -0.303. The van der Waals surface area contributed by atoms with Crippen LogP contribution in [0.3, 0.4) is 0 Å². The molecule has 0 spiro atoms. The van der Waals surface area contributed by atoms with Gasteiger partial charge in [-0.1, -0.05) is 0 Å². The highest BCUT2D eigenvalue weighted by Crippen LogP contribution is 2.37. The van der Waals surface area contributed by atoms with Crippen molar-refractivity contribution in [3.8, 4) is 0 Å². The van der Waals surface area contributed by atoms with Crippen LogP contribution in [0.15, 0.2) is 0 Å². The maximum absolute atomic E-state index is 12.7. The number of likely N-dealkylation sites (N-methyl/N-ethyl adjacent to an activating group) is 1. The minimum absolute atomic E-state index is 0.0344. The van der Waals surface area contributed by atoms with E-state index in [1.807, 2.05) is 0 Å². The van der Waals surface area contributed by atoms with Crippen molar-refractivity contribution >= 4 is 6.03 Å². The zero-order valence-corrected chi connectivity index (χ0v) is 24.5. The van der Waals surface area contributed by atoms with E-state index in [1.165, 1.54) is 14.0 Å². The van der Waals surface area contributed by atoms with Gasteiger partial charge in [-0.2, -0.15) is 0 Å². The predicted octanol–water partition coefficient (Wildman–Crippen LogP) is -6.31. The Morgan fingerprint density at radius 1 is 1.12 bits per heavy atom. The fraction of sp³-hybridized carbons (Fsp3) is 0.960. The number of aliphatic hydroxyl groups excluding tert-OH is 6. The van der Waals surface area contributed by atoms with Crippen molar-refractivity contribution in [3.05, 3.63) is 0 Å². The molecule has 252 valence electrons. The lowest BCUT2D eigenvalue weighted by atomic mass is 9.72. The molecule has 1 unspecified atom stereocenters. The van der Waals surface area contributed by atoms with Crippen molar-refractivity contribution in [1.29, 1.82) is 0 Å². The molecule has 3 aliphatic rings. The van der Waals surface area contributed by atoms with Crippen LogP contribution in [0.25, 0.3) is 0 Å². The number of urea groups is 1. The van der Waals surface area contributed by atoms with Crippen LogP contribution in [-0.4, -0.2) is 177 Å². The van der Waals surface area contributed by atoms with Gasteiger partial charge in [0.1, 0.15) is 36.1 Å². The summed E-state index contributed by atoms with van der Waals surface area (Å²) in [6.45, 7) is 1.38. The summed E-state index contributed by atoms with van der Waals surface area (Å²) in [5, 5.41) is 93.1. The molecule has 1 aliphatic carbocycles. The minimum Gasteiger partial charge on any atom is -0.396 e. The molecule has 15 N–H and O–H groups in total. The van der Waals surface area contributed by atoms with Gasteiger partial charge in [0, 0.05) is 31.7 Å². The lowest BCUT2D eigenvalue weighted by Gasteiger charge is -2.52. The Kier molecular flexibility index (Phi) is 13.3. The molecule has 18 heteroatoms. The summed E-state index contributed by atoms with van der Waals surface area (Å²) in [5.41, 5.74) is 10.4. The van der Waals surface area contributed by atoms with Crippen molar-refractivity contribution in [3.63, 3.8) is 0 Å². The van der Waals surface area contributed by atoms with Crippen molar-refractivity contribution in [2.75, 3.05) is 46.4 Å². The van der Waals surface area contributed by atoms with Gasteiger partial charge in [0.25, 0.3) is 0 Å². The molecule has 1 saturated carbocycles. The highest BCUT2D eigenvalue weighted by atomic mass is 16.7. The summed E-state index contributed by atoms with van der Waals surface area (Å²) in [6.07, 6.45) is -12.5. The molecule has 3 fully saturated rings. The summed E-state index contributed by atoms with van der Waals surface area (Å²) >= 11 is 0. The lowest BCUT2D eigenvalue weighted by Crippen LogP contribution is -2.71. The van der Waals surface area contributed by atoms with E-state index in [0.29, 0.717) is 18.0 Å². The predicted molar refractivity (Wildman–Crippen MR) is 147 cm³/mol. The number of carbonyl (C=O) groups excluding carboxylic acids is 1. The molecule has 2 heterocycles. The number of hydrogen-bond donors (Lipinski definition) is 13. The van der Waals surface area contributed by atoms with Gasteiger partial charge in [-0.25, -0.2) is 9.86 Å². The first kappa shape index (κ1) is 36.1. The molecular formula is C25H50N6O12. The van der Waals surface area contributed by atoms with Gasteiger partial charge in [-0.05, 0) is 33.4 Å². The minimum atomic E-state index is -1.67. The van der Waals surface area contributed by atoms with Crippen molar-refractivity contribution in [2.24, 2.45) is 17.4 Å². The van der Waals surface area contributed by atoms with Crippen molar-refractivity contribution in [2.45, 2.75) is 98.6 Å². The van der Waals surface area contributed by atoms with Gasteiger partial charge < -0.3 is 77.4 Å². The molecule has 2 aliphatic heterocycles. The smallest absolute Gasteiger partial charge is 0.341 e. The second-order valence-electron chi connectivity index (χ2n) is 11.7. The monoisotopic (exact) mass is 626 g/mol. The van der Waals surface area contributed by atoms with Crippen LogP contribution < -0.4 is 27.4 Å². The second kappa shape index (κ2) is 15.8. The van der Waals surface area contributed by atoms with E-state index < -0.39 is 90.8 Å². The third kappa shape index (κ3) is 8.29. The Bertz CT molecular complexity index is 879. The molecule has 0 aromatic heterocycles. The first-order valence-corrected chi connectivity index (χ1v) is 14.6. The third-order valence-electron chi connectivity index (χ3n) is 8.45. The van der Waals surface area contributed by atoms with Gasteiger partial charge in [-0.3, -0.25) is 5.21 Å². The number of nitrogens with one attached hydrogen (secondary N) is 3. The Morgan fingerprint density at radius 2 is 1.81 bits per heavy atom. The van der Waals surface area contributed by atoms with Gasteiger partial charge in [0.05, 0.1) is 43.5 Å². The van der Waals surface area contributed by atoms with Gasteiger partial charge in [0.2, 0.25) is 0 Å². The van der Waals surface area contributed by atoms with E-state index in [4.69, 9.17) is 30.8 Å². The average molecular weight is 627 g/mol. The molecule has 18 nitrogen and oxygen atoms in total. The molecular weight excluding hydrogens is 576 g/mol. The van der Waals surface area contributed by atoms with Crippen LogP contribution in [0.2, 0.25) is 0 Å². The fourth-order valence-electron chi connectivity index (χ4n) is 6.14. The van der Waals surface area contributed by atoms with Crippen molar-refractivity contribution in [1.82, 2.24) is 21.0 Å². The summed E-state index contributed by atoms with van der Waals surface area (Å²) in [4.78, 5) is 12.7. The summed E-state index contributed by atoms with van der Waals surface area (Å²) in [6, 6.07) is -3.87. The molecule has 2 saturated heterocycles. The number of amides is 2. The Balaban J connectivity index is 1.88.